The standard InChI is InChI=1S/C18H20N4OS2/c1-9(2)6-22-7-10-11(8-22)21-18-14(13(10)12-4-3-5-24-12)15(19)16(25-18)17(20)23/h3-5,9H,6-8,19H2,1-2H3,(H2,20,23). The molecule has 0 bridgehead atoms. The predicted molar refractivity (Wildman–Crippen MR) is 105 cm³/mol. The van der Waals surface area contributed by atoms with Crippen molar-refractivity contribution in [3.05, 3.63) is 33.6 Å². The molecule has 3 aromatic rings. The van der Waals surface area contributed by atoms with Crippen LogP contribution in [0.25, 0.3) is 20.7 Å². The van der Waals surface area contributed by atoms with Crippen LogP contribution >= 0.6 is 22.7 Å². The van der Waals surface area contributed by atoms with Crippen molar-refractivity contribution in [1.29, 1.82) is 0 Å². The summed E-state index contributed by atoms with van der Waals surface area (Å²) in [7, 11) is 0. The van der Waals surface area contributed by atoms with E-state index in [2.05, 4.69) is 30.2 Å². The number of nitrogens with two attached hydrogens (primary N) is 2. The van der Waals surface area contributed by atoms with Crippen molar-refractivity contribution < 1.29 is 4.79 Å². The zero-order valence-electron chi connectivity index (χ0n) is 14.2. The van der Waals surface area contributed by atoms with Crippen molar-refractivity contribution in [3.8, 4) is 10.4 Å². The molecule has 130 valence electrons. The van der Waals surface area contributed by atoms with E-state index in [1.54, 1.807) is 11.3 Å². The molecule has 1 amide bonds. The smallest absolute Gasteiger partial charge is 0.260 e. The highest BCUT2D eigenvalue weighted by atomic mass is 32.1. The molecule has 0 saturated heterocycles. The first-order valence-electron chi connectivity index (χ1n) is 8.25. The number of anilines is 1. The number of rotatable bonds is 4. The van der Waals surface area contributed by atoms with Gasteiger partial charge in [0.1, 0.15) is 9.71 Å². The average Bonchev–Trinajstić information content (AvgIpc) is 3.23. The maximum absolute atomic E-state index is 11.7. The van der Waals surface area contributed by atoms with Gasteiger partial charge in [0, 0.05) is 35.5 Å². The lowest BCUT2D eigenvalue weighted by molar-refractivity contribution is 0.100. The summed E-state index contributed by atoms with van der Waals surface area (Å²) in [5.41, 5.74) is 15.7. The van der Waals surface area contributed by atoms with E-state index in [-0.39, 0.29) is 0 Å². The Hall–Kier alpha value is -1.96. The van der Waals surface area contributed by atoms with Gasteiger partial charge in [-0.05, 0) is 22.9 Å². The van der Waals surface area contributed by atoms with Gasteiger partial charge in [-0.2, -0.15) is 0 Å². The van der Waals surface area contributed by atoms with E-state index in [1.165, 1.54) is 16.9 Å². The Morgan fingerprint density at radius 2 is 2.20 bits per heavy atom. The number of aromatic nitrogens is 1. The molecule has 1 aliphatic rings. The molecule has 0 aromatic carbocycles. The molecule has 0 spiro atoms. The van der Waals surface area contributed by atoms with Gasteiger partial charge in [0.2, 0.25) is 0 Å². The number of hydrogen-bond acceptors (Lipinski definition) is 6. The van der Waals surface area contributed by atoms with Crippen molar-refractivity contribution in [3.63, 3.8) is 0 Å². The van der Waals surface area contributed by atoms with E-state index < -0.39 is 5.91 Å². The van der Waals surface area contributed by atoms with E-state index in [9.17, 15) is 4.79 Å². The van der Waals surface area contributed by atoms with Crippen molar-refractivity contribution in [1.82, 2.24) is 9.88 Å². The Morgan fingerprint density at radius 1 is 1.40 bits per heavy atom. The van der Waals surface area contributed by atoms with Gasteiger partial charge in [-0.25, -0.2) is 4.98 Å². The Kier molecular flexibility index (Phi) is 4.02. The number of carbonyl (C=O) groups is 1. The molecule has 7 heteroatoms. The van der Waals surface area contributed by atoms with Crippen LogP contribution in [0.4, 0.5) is 5.69 Å². The molecule has 0 unspecified atom stereocenters. The molecular formula is C18H20N4OS2. The van der Waals surface area contributed by atoms with Gasteiger partial charge < -0.3 is 11.5 Å². The number of thiophene rings is 2. The van der Waals surface area contributed by atoms with Crippen molar-refractivity contribution >= 4 is 44.5 Å². The zero-order chi connectivity index (χ0) is 17.7. The minimum absolute atomic E-state index is 0.406. The second kappa shape index (κ2) is 6.09. The summed E-state index contributed by atoms with van der Waals surface area (Å²) < 4.78 is 0. The molecular weight excluding hydrogens is 352 g/mol. The summed E-state index contributed by atoms with van der Waals surface area (Å²) in [6.45, 7) is 7.20. The van der Waals surface area contributed by atoms with Crippen LogP contribution in [0.2, 0.25) is 0 Å². The maximum atomic E-state index is 11.7. The Bertz CT molecular complexity index is 960. The molecule has 25 heavy (non-hydrogen) atoms. The predicted octanol–water partition coefficient (Wildman–Crippen LogP) is 3.68. The van der Waals surface area contributed by atoms with Gasteiger partial charge in [0.05, 0.1) is 11.4 Å². The first-order chi connectivity index (χ1) is 12.0. The van der Waals surface area contributed by atoms with Crippen LogP contribution < -0.4 is 11.5 Å². The Balaban J connectivity index is 1.96. The van der Waals surface area contributed by atoms with Gasteiger partial charge in [0.25, 0.3) is 5.91 Å². The number of carbonyl (C=O) groups excluding carboxylic acids is 1. The lowest BCUT2D eigenvalue weighted by Crippen LogP contribution is -2.21. The van der Waals surface area contributed by atoms with Crippen molar-refractivity contribution in [2.24, 2.45) is 11.7 Å². The van der Waals surface area contributed by atoms with Crippen LogP contribution in [0.5, 0.6) is 0 Å². The highest BCUT2D eigenvalue weighted by Gasteiger charge is 2.29. The van der Waals surface area contributed by atoms with E-state index in [1.807, 2.05) is 6.07 Å². The molecule has 0 radical (unpaired) electrons. The number of pyridine rings is 1. The Labute approximate surface area is 154 Å². The molecule has 5 nitrogen and oxygen atoms in total. The zero-order valence-corrected chi connectivity index (χ0v) is 15.8. The number of nitrogen functional groups attached to an aromatic ring is 1. The molecule has 3 aromatic heterocycles. The normalized spacial score (nSPS) is 14.5. The summed E-state index contributed by atoms with van der Waals surface area (Å²) in [4.78, 5) is 21.4. The number of hydrogen-bond donors (Lipinski definition) is 2. The first kappa shape index (κ1) is 16.5. The topological polar surface area (TPSA) is 85.2 Å². The Morgan fingerprint density at radius 3 is 2.84 bits per heavy atom. The summed E-state index contributed by atoms with van der Waals surface area (Å²) in [6.07, 6.45) is 0. The molecule has 0 fully saturated rings. The highest BCUT2D eigenvalue weighted by Crippen LogP contribution is 2.45. The second-order valence-electron chi connectivity index (χ2n) is 6.84. The minimum Gasteiger partial charge on any atom is -0.397 e. The lowest BCUT2D eigenvalue weighted by atomic mass is 10.0. The van der Waals surface area contributed by atoms with E-state index in [0.29, 0.717) is 16.5 Å². The number of primary amides is 1. The molecule has 1 aliphatic heterocycles. The van der Waals surface area contributed by atoms with E-state index >= 15 is 0 Å². The fraction of sp³-hybridized carbons (Fsp3) is 0.333. The number of nitrogens with zero attached hydrogens (tertiary/aromatic N) is 2. The van der Waals surface area contributed by atoms with E-state index in [0.717, 1.165) is 46.0 Å². The highest BCUT2D eigenvalue weighted by molar-refractivity contribution is 7.21. The monoisotopic (exact) mass is 372 g/mol. The van der Waals surface area contributed by atoms with Crippen LogP contribution in [-0.2, 0) is 13.1 Å². The molecule has 4 heterocycles. The van der Waals surface area contributed by atoms with Crippen molar-refractivity contribution in [2.45, 2.75) is 26.9 Å². The van der Waals surface area contributed by atoms with Crippen LogP contribution in [0.15, 0.2) is 17.5 Å². The van der Waals surface area contributed by atoms with Crippen molar-refractivity contribution in [2.75, 3.05) is 12.3 Å². The van der Waals surface area contributed by atoms with Crippen LogP contribution in [0.1, 0.15) is 34.8 Å². The fourth-order valence-electron chi connectivity index (χ4n) is 3.55. The third kappa shape index (κ3) is 2.72. The largest absolute Gasteiger partial charge is 0.397 e. The molecule has 4 N–H and O–H groups in total. The van der Waals surface area contributed by atoms with Crippen LogP contribution in [0, 0.1) is 5.92 Å². The second-order valence-corrected chi connectivity index (χ2v) is 8.79. The molecule has 0 aliphatic carbocycles. The van der Waals surface area contributed by atoms with E-state index in [4.69, 9.17) is 16.5 Å². The van der Waals surface area contributed by atoms with Gasteiger partial charge in [0.15, 0.2) is 0 Å². The van der Waals surface area contributed by atoms with Gasteiger partial charge in [-0.1, -0.05) is 19.9 Å². The fourth-order valence-corrected chi connectivity index (χ4v) is 5.33. The SMILES string of the molecule is CC(C)CN1Cc2nc3sc(C(N)=O)c(N)c3c(-c3cccs3)c2C1. The maximum Gasteiger partial charge on any atom is 0.260 e. The summed E-state index contributed by atoms with van der Waals surface area (Å²) in [5, 5.41) is 2.94. The first-order valence-corrected chi connectivity index (χ1v) is 9.95. The van der Waals surface area contributed by atoms with Crippen LogP contribution in [-0.4, -0.2) is 22.3 Å². The number of fused-ring (bicyclic) bond motifs is 2. The minimum atomic E-state index is -0.487. The summed E-state index contributed by atoms with van der Waals surface area (Å²) >= 11 is 2.99. The van der Waals surface area contributed by atoms with Crippen LogP contribution in [0.3, 0.4) is 0 Å². The average molecular weight is 373 g/mol. The van der Waals surface area contributed by atoms with Gasteiger partial charge in [-0.3, -0.25) is 9.69 Å². The lowest BCUT2D eigenvalue weighted by Gasteiger charge is -2.16. The summed E-state index contributed by atoms with van der Waals surface area (Å²) in [6, 6.07) is 4.14. The van der Waals surface area contributed by atoms with Gasteiger partial charge in [-0.15, -0.1) is 22.7 Å². The molecule has 0 saturated carbocycles. The van der Waals surface area contributed by atoms with Gasteiger partial charge >= 0.3 is 0 Å². The summed E-state index contributed by atoms with van der Waals surface area (Å²) in [5.74, 6) is 0.117. The quantitative estimate of drug-likeness (QED) is 0.731. The third-order valence-electron chi connectivity index (χ3n) is 4.43. The number of amides is 1. The third-order valence-corrected chi connectivity index (χ3v) is 6.43. The molecule has 4 rings (SSSR count). The molecule has 0 atom stereocenters.